The van der Waals surface area contributed by atoms with E-state index in [0.717, 1.165) is 5.56 Å². The number of hydrogen-bond acceptors (Lipinski definition) is 8. The summed E-state index contributed by atoms with van der Waals surface area (Å²) in [7, 11) is 2.62. The van der Waals surface area contributed by atoms with Crippen LogP contribution < -0.4 is 10.2 Å². The Morgan fingerprint density at radius 1 is 0.886 bits per heavy atom. The number of benzene rings is 3. The average molecular weight is 638 g/mol. The lowest BCUT2D eigenvalue weighted by molar-refractivity contribution is -0.150. The maximum absolute atomic E-state index is 13.9. The number of ether oxygens (including phenoxy) is 3. The first-order chi connectivity index (χ1) is 21.3. The first kappa shape index (κ1) is 31.1. The van der Waals surface area contributed by atoms with Crippen LogP contribution in [0.3, 0.4) is 0 Å². The largest absolute Gasteiger partial charge is 0.477 e. The summed E-state index contributed by atoms with van der Waals surface area (Å²) < 4.78 is 17.4. The summed E-state index contributed by atoms with van der Waals surface area (Å²) in [5, 5.41) is 7.26. The van der Waals surface area contributed by atoms with Gasteiger partial charge in [-0.15, -0.1) is 0 Å². The molecule has 4 aromatic rings. The van der Waals surface area contributed by atoms with E-state index < -0.39 is 23.9 Å². The molecule has 0 aliphatic carbocycles. The molecule has 44 heavy (non-hydrogen) atoms. The van der Waals surface area contributed by atoms with Crippen LogP contribution in [0.15, 0.2) is 78.9 Å². The molecular formula is C32H30Cl2N4O6. The number of halogens is 2. The number of carbonyl (C=O) groups is 3. The number of nitrogens with one attached hydrogen (secondary N) is 1. The zero-order valence-corrected chi connectivity index (χ0v) is 25.6. The lowest BCUT2D eigenvalue weighted by Crippen LogP contribution is -2.53. The Morgan fingerprint density at radius 3 is 2.18 bits per heavy atom. The maximum Gasteiger partial charge on any atom is 0.343 e. The van der Waals surface area contributed by atoms with Gasteiger partial charge in [0.1, 0.15) is 5.69 Å². The second-order valence-electron chi connectivity index (χ2n) is 10.1. The normalized spacial score (nSPS) is 14.5. The number of carbonyl (C=O) groups excluding carboxylic acids is 3. The fraction of sp³-hybridized carbons (Fsp3) is 0.250. The van der Waals surface area contributed by atoms with Gasteiger partial charge in [0.15, 0.2) is 18.1 Å². The molecule has 1 fully saturated rings. The number of methoxy groups -OCH3 is 2. The van der Waals surface area contributed by atoms with Gasteiger partial charge >= 0.3 is 11.9 Å². The van der Waals surface area contributed by atoms with E-state index in [2.05, 4.69) is 10.5 Å². The first-order valence-electron chi connectivity index (χ1n) is 13.8. The highest BCUT2D eigenvalue weighted by molar-refractivity contribution is 6.32. The van der Waals surface area contributed by atoms with Crippen LogP contribution in [0.5, 0.6) is 5.75 Å². The summed E-state index contributed by atoms with van der Waals surface area (Å²) >= 11 is 12.7. The molecule has 0 bridgehead atoms. The molecule has 0 radical (unpaired) electrons. The number of hydrazine groups is 1. The van der Waals surface area contributed by atoms with Crippen LogP contribution in [0, 0.1) is 0 Å². The third-order valence-corrected chi connectivity index (χ3v) is 8.17. The third-order valence-electron chi connectivity index (χ3n) is 7.60. The van der Waals surface area contributed by atoms with Crippen molar-refractivity contribution in [1.82, 2.24) is 20.2 Å². The number of rotatable bonds is 9. The van der Waals surface area contributed by atoms with E-state index in [0.29, 0.717) is 52.9 Å². The van der Waals surface area contributed by atoms with E-state index in [-0.39, 0.29) is 17.4 Å². The number of nitrogens with zero attached hydrogens (tertiary/aromatic N) is 3. The van der Waals surface area contributed by atoms with Crippen LogP contribution in [0.1, 0.15) is 28.9 Å². The van der Waals surface area contributed by atoms with Gasteiger partial charge in [-0.2, -0.15) is 5.10 Å². The third kappa shape index (κ3) is 6.28. The van der Waals surface area contributed by atoms with E-state index in [4.69, 9.17) is 37.4 Å². The van der Waals surface area contributed by atoms with Crippen molar-refractivity contribution >= 4 is 41.0 Å². The van der Waals surface area contributed by atoms with Gasteiger partial charge in [0.25, 0.3) is 5.91 Å². The minimum Gasteiger partial charge on any atom is -0.477 e. The molecule has 2 heterocycles. The summed E-state index contributed by atoms with van der Waals surface area (Å²) in [6, 6.07) is 23.4. The van der Waals surface area contributed by atoms with E-state index in [1.807, 2.05) is 30.3 Å². The molecule has 0 atom stereocenters. The Balaban J connectivity index is 1.50. The second-order valence-corrected chi connectivity index (χ2v) is 11.0. The molecular weight excluding hydrogens is 607 g/mol. The predicted molar refractivity (Wildman–Crippen MR) is 165 cm³/mol. The molecule has 228 valence electrons. The molecule has 5 rings (SSSR count). The molecule has 12 heteroatoms. The van der Waals surface area contributed by atoms with Gasteiger partial charge in [-0.3, -0.25) is 15.0 Å². The summed E-state index contributed by atoms with van der Waals surface area (Å²) in [6.07, 6.45) is 0.833. The second kappa shape index (κ2) is 13.5. The molecule has 1 N–H and O–H groups in total. The van der Waals surface area contributed by atoms with Gasteiger partial charge in [0, 0.05) is 23.7 Å². The van der Waals surface area contributed by atoms with Gasteiger partial charge in [-0.1, -0.05) is 77.8 Å². The van der Waals surface area contributed by atoms with Crippen molar-refractivity contribution in [2.45, 2.75) is 18.3 Å². The summed E-state index contributed by atoms with van der Waals surface area (Å²) in [4.78, 5) is 39.0. The Bertz CT molecular complexity index is 1650. The van der Waals surface area contributed by atoms with Gasteiger partial charge in [0.05, 0.1) is 30.3 Å². The standard InChI is InChI=1S/C32H30Cl2N4O6/c1-42-26(39)20-44-29-27(35-38(25-11-7-6-10-24(25)34)28(29)21-12-14-23(33)15-13-21)30(40)36-37-18-16-32(17-19-37,31(41)43-2)22-8-4-3-5-9-22/h3-15H,16-20H2,1-2H3,(H,36,40). The highest BCUT2D eigenvalue weighted by Crippen LogP contribution is 2.39. The Morgan fingerprint density at radius 2 is 1.55 bits per heavy atom. The highest BCUT2D eigenvalue weighted by atomic mass is 35.5. The van der Waals surface area contributed by atoms with Crippen molar-refractivity contribution in [3.8, 4) is 22.7 Å². The van der Waals surface area contributed by atoms with Crippen LogP contribution in [0.25, 0.3) is 16.9 Å². The molecule has 1 amide bonds. The number of aromatic nitrogens is 2. The van der Waals surface area contributed by atoms with Crippen LogP contribution >= 0.6 is 23.2 Å². The molecule has 0 saturated carbocycles. The summed E-state index contributed by atoms with van der Waals surface area (Å²) in [5.41, 5.74) is 4.35. The number of amides is 1. The van der Waals surface area contributed by atoms with E-state index in [1.54, 1.807) is 53.5 Å². The summed E-state index contributed by atoms with van der Waals surface area (Å²) in [5.74, 6) is -1.48. The van der Waals surface area contributed by atoms with E-state index in [9.17, 15) is 14.4 Å². The quantitative estimate of drug-likeness (QED) is 0.248. The van der Waals surface area contributed by atoms with Crippen molar-refractivity contribution in [2.24, 2.45) is 0 Å². The van der Waals surface area contributed by atoms with Gasteiger partial charge in [0.2, 0.25) is 0 Å². The monoisotopic (exact) mass is 636 g/mol. The Labute approximate surface area is 264 Å². The molecule has 3 aromatic carbocycles. The maximum atomic E-state index is 13.9. The lowest BCUT2D eigenvalue weighted by Gasteiger charge is -2.39. The number of hydrogen-bond donors (Lipinski definition) is 1. The number of piperidine rings is 1. The molecule has 1 saturated heterocycles. The van der Waals surface area contributed by atoms with Crippen LogP contribution in [0.4, 0.5) is 0 Å². The SMILES string of the molecule is COC(=O)COc1c(C(=O)NN2CCC(C(=O)OC)(c3ccccc3)CC2)nn(-c2ccccc2Cl)c1-c1ccc(Cl)cc1. The van der Waals surface area contributed by atoms with E-state index >= 15 is 0 Å². The molecule has 1 aliphatic heterocycles. The average Bonchev–Trinajstić information content (AvgIpc) is 3.44. The minimum absolute atomic E-state index is 0.0559. The molecule has 0 unspecified atom stereocenters. The van der Waals surface area contributed by atoms with Gasteiger partial charge < -0.3 is 14.2 Å². The van der Waals surface area contributed by atoms with Crippen molar-refractivity contribution in [2.75, 3.05) is 33.9 Å². The van der Waals surface area contributed by atoms with Crippen LogP contribution in [0.2, 0.25) is 10.0 Å². The number of esters is 2. The number of para-hydroxylation sites is 1. The minimum atomic E-state index is -0.834. The summed E-state index contributed by atoms with van der Waals surface area (Å²) in [6.45, 7) is 0.265. The van der Waals surface area contributed by atoms with Crippen LogP contribution in [-0.2, 0) is 24.5 Å². The van der Waals surface area contributed by atoms with Crippen LogP contribution in [-0.4, -0.2) is 66.6 Å². The van der Waals surface area contributed by atoms with Gasteiger partial charge in [-0.25, -0.2) is 14.5 Å². The van der Waals surface area contributed by atoms with E-state index in [1.165, 1.54) is 18.9 Å². The fourth-order valence-electron chi connectivity index (χ4n) is 5.30. The topological polar surface area (TPSA) is 112 Å². The Hall–Kier alpha value is -4.38. The zero-order chi connectivity index (χ0) is 31.3. The zero-order valence-electron chi connectivity index (χ0n) is 24.1. The first-order valence-corrected chi connectivity index (χ1v) is 14.6. The van der Waals surface area contributed by atoms with Crippen molar-refractivity contribution in [3.63, 3.8) is 0 Å². The van der Waals surface area contributed by atoms with Crippen molar-refractivity contribution in [3.05, 3.63) is 100 Å². The predicted octanol–water partition coefficient (Wildman–Crippen LogP) is 5.25. The molecule has 1 aliphatic rings. The molecule has 1 aromatic heterocycles. The highest BCUT2D eigenvalue weighted by Gasteiger charge is 2.44. The molecule has 10 nitrogen and oxygen atoms in total. The van der Waals surface area contributed by atoms with Crippen molar-refractivity contribution < 1.29 is 28.6 Å². The fourth-order valence-corrected chi connectivity index (χ4v) is 5.64. The van der Waals surface area contributed by atoms with Gasteiger partial charge in [-0.05, 0) is 42.7 Å². The van der Waals surface area contributed by atoms with Crippen molar-refractivity contribution in [1.29, 1.82) is 0 Å². The Kier molecular flexibility index (Phi) is 9.53. The lowest BCUT2D eigenvalue weighted by atomic mass is 9.73. The molecule has 0 spiro atoms. The smallest absolute Gasteiger partial charge is 0.343 e.